The normalized spacial score (nSPS) is 19.9. The molecule has 0 spiro atoms. The predicted molar refractivity (Wildman–Crippen MR) is 124 cm³/mol. The number of halogens is 2. The Morgan fingerprint density at radius 3 is 2.51 bits per heavy atom. The molecule has 1 fully saturated rings. The van der Waals surface area contributed by atoms with Crippen LogP contribution >= 0.6 is 0 Å². The summed E-state index contributed by atoms with van der Waals surface area (Å²) in [5.74, 6) is -0.560. The number of benzene rings is 1. The molecule has 2 aromatic rings. The van der Waals surface area contributed by atoms with Gasteiger partial charge in [-0.3, -0.25) is 14.5 Å². The average Bonchev–Trinajstić information content (AvgIpc) is 3.00. The number of rotatable bonds is 6. The Bertz CT molecular complexity index is 1270. The summed E-state index contributed by atoms with van der Waals surface area (Å²) in [4.78, 5) is 35.6. The third kappa shape index (κ3) is 4.97. The summed E-state index contributed by atoms with van der Waals surface area (Å²) in [7, 11) is -3.08. The lowest BCUT2D eigenvalue weighted by Crippen LogP contribution is -2.50. The van der Waals surface area contributed by atoms with E-state index in [0.717, 1.165) is 6.33 Å². The van der Waals surface area contributed by atoms with Crippen molar-refractivity contribution in [2.24, 2.45) is 0 Å². The number of aromatic nitrogens is 2. The maximum absolute atomic E-state index is 13.3. The molecule has 12 heteroatoms. The van der Waals surface area contributed by atoms with E-state index < -0.39 is 33.8 Å². The molecule has 0 aliphatic carbocycles. The number of carbonyl (C=O) groups is 2. The number of fused-ring (bicyclic) bond motifs is 1. The van der Waals surface area contributed by atoms with Gasteiger partial charge in [0.15, 0.2) is 6.61 Å². The number of alkyl halides is 2. The molecule has 0 bridgehead atoms. The molecule has 2 amide bonds. The van der Waals surface area contributed by atoms with Crippen molar-refractivity contribution in [3.63, 3.8) is 0 Å². The van der Waals surface area contributed by atoms with Crippen molar-refractivity contribution in [1.82, 2.24) is 15.3 Å². The second kappa shape index (κ2) is 8.81. The van der Waals surface area contributed by atoms with Crippen LogP contribution in [-0.2, 0) is 20.0 Å². The first-order valence-electron chi connectivity index (χ1n) is 11.1. The van der Waals surface area contributed by atoms with Crippen LogP contribution in [0, 0.1) is 0 Å². The molecule has 1 N–H and O–H groups in total. The van der Waals surface area contributed by atoms with Gasteiger partial charge in [0.25, 0.3) is 12.3 Å². The number of ether oxygens (including phenoxy) is 1. The summed E-state index contributed by atoms with van der Waals surface area (Å²) in [6.07, 6.45) is -0.895. The van der Waals surface area contributed by atoms with Gasteiger partial charge in [0.2, 0.25) is 11.8 Å². The summed E-state index contributed by atoms with van der Waals surface area (Å²) < 4.78 is 53.5. The maximum atomic E-state index is 13.3. The molecule has 4 rings (SSSR count). The van der Waals surface area contributed by atoms with E-state index in [-0.39, 0.29) is 35.0 Å². The highest BCUT2D eigenvalue weighted by molar-refractivity contribution is 7.91. The first kappa shape index (κ1) is 25.0. The van der Waals surface area contributed by atoms with Crippen LogP contribution in [0.15, 0.2) is 30.6 Å². The molecule has 9 nitrogen and oxygen atoms in total. The fourth-order valence-electron chi connectivity index (χ4n) is 4.24. The van der Waals surface area contributed by atoms with E-state index >= 15 is 0 Å². The van der Waals surface area contributed by atoms with Crippen molar-refractivity contribution in [3.05, 3.63) is 41.7 Å². The molecule has 0 saturated carbocycles. The average molecular weight is 509 g/mol. The van der Waals surface area contributed by atoms with Crippen LogP contribution in [0.2, 0.25) is 0 Å². The Morgan fingerprint density at radius 2 is 1.86 bits per heavy atom. The van der Waals surface area contributed by atoms with Crippen molar-refractivity contribution >= 4 is 33.2 Å². The van der Waals surface area contributed by atoms with Crippen molar-refractivity contribution in [2.75, 3.05) is 23.0 Å². The van der Waals surface area contributed by atoms with E-state index in [1.807, 2.05) is 6.92 Å². The first-order chi connectivity index (χ1) is 16.3. The molecule has 3 heterocycles. The molecule has 0 unspecified atom stereocenters. The largest absolute Gasteiger partial charge is 0.471 e. The van der Waals surface area contributed by atoms with E-state index in [1.54, 1.807) is 32.0 Å². The van der Waals surface area contributed by atoms with Crippen LogP contribution < -0.4 is 15.0 Å². The molecule has 188 valence electrons. The number of nitrogens with one attached hydrogen (secondary N) is 1. The monoisotopic (exact) mass is 508 g/mol. The SMILES string of the molecule is CC1(NC(=O)c2ccc3c(c2)C(C)(C)C(=O)N3c2cc(OCC(F)F)ncn2)CCS(=O)(=O)CC1. The molecular weight excluding hydrogens is 482 g/mol. The lowest BCUT2D eigenvalue weighted by atomic mass is 9.85. The predicted octanol–water partition coefficient (Wildman–Crippen LogP) is 2.77. The number of hydrogen-bond donors (Lipinski definition) is 1. The second-order valence-corrected chi connectivity index (χ2v) is 11.9. The van der Waals surface area contributed by atoms with Gasteiger partial charge in [-0.2, -0.15) is 0 Å². The Hall–Kier alpha value is -3.15. The standard InChI is InChI=1S/C23H26F2N4O5S/c1-22(2)15-10-14(20(30)28-23(3)6-8-35(32,33)9-7-23)4-5-16(15)29(21(22)31)18-11-19(27-13-26-18)34-12-17(24)25/h4-5,10-11,13,17H,6-9,12H2,1-3H3,(H,28,30). The highest BCUT2D eigenvalue weighted by Crippen LogP contribution is 2.45. The van der Waals surface area contributed by atoms with E-state index in [9.17, 15) is 26.8 Å². The van der Waals surface area contributed by atoms with Gasteiger partial charge in [0.05, 0.1) is 22.6 Å². The van der Waals surface area contributed by atoms with Crippen LogP contribution in [0.5, 0.6) is 5.88 Å². The maximum Gasteiger partial charge on any atom is 0.272 e. The molecule has 0 atom stereocenters. The molecule has 1 saturated heterocycles. The van der Waals surface area contributed by atoms with Crippen molar-refractivity contribution < 1.29 is 31.5 Å². The van der Waals surface area contributed by atoms with Gasteiger partial charge in [0, 0.05) is 17.2 Å². The fourth-order valence-corrected chi connectivity index (χ4v) is 5.97. The molecular formula is C23H26F2N4O5S. The molecule has 2 aliphatic heterocycles. The van der Waals surface area contributed by atoms with Crippen molar-refractivity contribution in [1.29, 1.82) is 0 Å². The lowest BCUT2D eigenvalue weighted by molar-refractivity contribution is -0.121. The van der Waals surface area contributed by atoms with E-state index in [2.05, 4.69) is 15.3 Å². The first-order valence-corrected chi connectivity index (χ1v) is 12.9. The van der Waals surface area contributed by atoms with Gasteiger partial charge in [-0.15, -0.1) is 0 Å². The van der Waals surface area contributed by atoms with Gasteiger partial charge in [0.1, 0.15) is 22.0 Å². The Morgan fingerprint density at radius 1 is 1.17 bits per heavy atom. The minimum Gasteiger partial charge on any atom is -0.471 e. The van der Waals surface area contributed by atoms with Crippen LogP contribution in [0.3, 0.4) is 0 Å². The fraction of sp³-hybridized carbons (Fsp3) is 0.478. The summed E-state index contributed by atoms with van der Waals surface area (Å²) >= 11 is 0. The molecule has 0 radical (unpaired) electrons. The van der Waals surface area contributed by atoms with Crippen LogP contribution in [0.1, 0.15) is 49.5 Å². The number of anilines is 2. The summed E-state index contributed by atoms with van der Waals surface area (Å²) in [6.45, 7) is 4.43. The highest BCUT2D eigenvalue weighted by Gasteiger charge is 2.45. The number of nitrogens with zero attached hydrogens (tertiary/aromatic N) is 3. The molecule has 2 aliphatic rings. The zero-order valence-corrected chi connectivity index (χ0v) is 20.4. The van der Waals surface area contributed by atoms with Gasteiger partial charge in [-0.25, -0.2) is 27.2 Å². The molecule has 1 aromatic carbocycles. The van der Waals surface area contributed by atoms with Gasteiger partial charge in [-0.05, 0) is 57.4 Å². The number of hydrogen-bond acceptors (Lipinski definition) is 7. The van der Waals surface area contributed by atoms with Gasteiger partial charge >= 0.3 is 0 Å². The zero-order valence-electron chi connectivity index (χ0n) is 19.5. The third-order valence-electron chi connectivity index (χ3n) is 6.47. The van der Waals surface area contributed by atoms with Crippen LogP contribution in [0.25, 0.3) is 0 Å². The highest BCUT2D eigenvalue weighted by atomic mass is 32.2. The second-order valence-electron chi connectivity index (χ2n) is 9.58. The van der Waals surface area contributed by atoms with E-state index in [0.29, 0.717) is 29.7 Å². The third-order valence-corrected chi connectivity index (χ3v) is 8.12. The van der Waals surface area contributed by atoms with Gasteiger partial charge in [-0.1, -0.05) is 0 Å². The lowest BCUT2D eigenvalue weighted by Gasteiger charge is -2.34. The number of sulfone groups is 1. The minimum atomic E-state index is -3.08. The summed E-state index contributed by atoms with van der Waals surface area (Å²) in [5, 5.41) is 2.95. The number of carbonyl (C=O) groups excluding carboxylic acids is 2. The quantitative estimate of drug-likeness (QED) is 0.637. The Labute approximate surface area is 201 Å². The topological polar surface area (TPSA) is 119 Å². The molecule has 35 heavy (non-hydrogen) atoms. The van der Waals surface area contributed by atoms with E-state index in [4.69, 9.17) is 4.74 Å². The summed E-state index contributed by atoms with van der Waals surface area (Å²) in [6, 6.07) is 6.16. The minimum absolute atomic E-state index is 0.0202. The zero-order chi connectivity index (χ0) is 25.6. The Kier molecular flexibility index (Phi) is 6.28. The van der Waals surface area contributed by atoms with Crippen molar-refractivity contribution in [3.8, 4) is 5.88 Å². The van der Waals surface area contributed by atoms with Crippen LogP contribution in [0.4, 0.5) is 20.3 Å². The smallest absolute Gasteiger partial charge is 0.272 e. The summed E-state index contributed by atoms with van der Waals surface area (Å²) in [5.41, 5.74) is -0.201. The van der Waals surface area contributed by atoms with Crippen molar-refractivity contribution in [2.45, 2.75) is 51.0 Å². The Balaban J connectivity index is 1.61. The van der Waals surface area contributed by atoms with E-state index in [1.165, 1.54) is 11.0 Å². The number of amides is 2. The molecule has 1 aromatic heterocycles. The van der Waals surface area contributed by atoms with Gasteiger partial charge < -0.3 is 10.1 Å². The van der Waals surface area contributed by atoms with Crippen LogP contribution in [-0.4, -0.2) is 60.3 Å².